The van der Waals surface area contributed by atoms with Crippen LogP contribution in [0.15, 0.2) is 0 Å². The number of hydroxylamine groups is 1. The van der Waals surface area contributed by atoms with Crippen LogP contribution in [0, 0.1) is 17.8 Å². The highest BCUT2D eigenvalue weighted by Gasteiger charge is 2.63. The van der Waals surface area contributed by atoms with Gasteiger partial charge in [0, 0.05) is 5.92 Å². The molecule has 11 heteroatoms. The zero-order valence-electron chi connectivity index (χ0n) is 10.3. The smallest absolute Gasteiger partial charge is 0.412 e. The molecule has 0 radical (unpaired) electrons. The summed E-state index contributed by atoms with van der Waals surface area (Å²) in [5, 5.41) is -5.13. The molecule has 0 aromatic rings. The van der Waals surface area contributed by atoms with Crippen molar-refractivity contribution in [2.45, 2.75) is 30.3 Å². The van der Waals surface area contributed by atoms with E-state index in [0.717, 1.165) is 0 Å². The van der Waals surface area contributed by atoms with Crippen LogP contribution in [0.1, 0.15) is 12.8 Å². The molecule has 8 nitrogen and oxygen atoms in total. The molecular formula is C10H10F2NO7S-. The van der Waals surface area contributed by atoms with Crippen molar-refractivity contribution in [1.82, 2.24) is 5.48 Å². The van der Waals surface area contributed by atoms with E-state index < -0.39 is 33.5 Å². The molecule has 1 aliphatic heterocycles. The van der Waals surface area contributed by atoms with Gasteiger partial charge in [0.15, 0.2) is 10.1 Å². The van der Waals surface area contributed by atoms with Gasteiger partial charge in [0.25, 0.3) is 0 Å². The predicted octanol–water partition coefficient (Wildman–Crippen LogP) is -0.878. The number of fused-ring (bicyclic) bond motifs is 1. The van der Waals surface area contributed by atoms with E-state index in [-0.39, 0.29) is 23.7 Å². The normalized spacial score (nSPS) is 37.7. The molecule has 118 valence electrons. The standard InChI is InChI=1S/C10H11F2NO7S/c11-10(12,21(16,17)18)9(15)13-20-6-3-1-4-5(2-3)8(14)19-7(4)6/h3-7H,1-2H2,(H,13,15)(H,16,17,18)/p-1. The van der Waals surface area contributed by atoms with Crippen LogP contribution >= 0.6 is 0 Å². The van der Waals surface area contributed by atoms with E-state index in [2.05, 4.69) is 0 Å². The van der Waals surface area contributed by atoms with Crippen LogP contribution in [-0.4, -0.2) is 42.3 Å². The Labute approximate surface area is 117 Å². The Hall–Kier alpha value is -1.33. The Balaban J connectivity index is 1.65. The fourth-order valence-electron chi connectivity index (χ4n) is 3.36. The first kappa shape index (κ1) is 14.6. The second kappa shape index (κ2) is 4.34. The molecule has 0 spiro atoms. The number of nitrogens with one attached hydrogen (secondary N) is 1. The van der Waals surface area contributed by atoms with E-state index in [1.54, 1.807) is 0 Å². The summed E-state index contributed by atoms with van der Waals surface area (Å²) in [6.45, 7) is 0. The maximum Gasteiger partial charge on any atom is 0.412 e. The van der Waals surface area contributed by atoms with Gasteiger partial charge in [-0.25, -0.2) is 13.9 Å². The topological polar surface area (TPSA) is 122 Å². The van der Waals surface area contributed by atoms with Crippen LogP contribution in [0.4, 0.5) is 8.78 Å². The minimum absolute atomic E-state index is 0.0758. The van der Waals surface area contributed by atoms with Gasteiger partial charge in [0.2, 0.25) is 0 Å². The molecule has 0 aromatic carbocycles. The quantitative estimate of drug-likeness (QED) is 0.404. The van der Waals surface area contributed by atoms with Gasteiger partial charge in [0.1, 0.15) is 12.2 Å². The highest BCUT2D eigenvalue weighted by molar-refractivity contribution is 7.87. The Bertz CT molecular complexity index is 607. The number of amides is 1. The van der Waals surface area contributed by atoms with Gasteiger partial charge in [-0.3, -0.25) is 14.4 Å². The maximum atomic E-state index is 13.0. The Kier molecular flexibility index (Phi) is 3.01. The van der Waals surface area contributed by atoms with E-state index in [1.807, 2.05) is 0 Å². The first-order valence-corrected chi connectivity index (χ1v) is 7.53. The van der Waals surface area contributed by atoms with Gasteiger partial charge in [-0.2, -0.15) is 8.78 Å². The Morgan fingerprint density at radius 2 is 2.10 bits per heavy atom. The monoisotopic (exact) mass is 326 g/mol. The van der Waals surface area contributed by atoms with E-state index >= 15 is 0 Å². The number of carbonyl (C=O) groups is 2. The Morgan fingerprint density at radius 1 is 1.43 bits per heavy atom. The lowest BCUT2D eigenvalue weighted by atomic mass is 9.88. The van der Waals surface area contributed by atoms with Gasteiger partial charge in [0.05, 0.1) is 5.92 Å². The summed E-state index contributed by atoms with van der Waals surface area (Å²) in [6.07, 6.45) is -0.375. The van der Waals surface area contributed by atoms with Crippen LogP contribution < -0.4 is 5.48 Å². The third-order valence-electron chi connectivity index (χ3n) is 4.28. The third kappa shape index (κ3) is 2.02. The number of alkyl halides is 2. The van der Waals surface area contributed by atoms with Crippen LogP contribution in [0.25, 0.3) is 0 Å². The number of hydrogen-bond donors (Lipinski definition) is 1. The number of esters is 1. The number of halogens is 2. The molecule has 5 atom stereocenters. The minimum atomic E-state index is -6.14. The van der Waals surface area contributed by atoms with Crippen LogP contribution in [-0.2, 0) is 29.3 Å². The average molecular weight is 326 g/mol. The summed E-state index contributed by atoms with van der Waals surface area (Å²) in [5.74, 6) is -3.18. The summed E-state index contributed by atoms with van der Waals surface area (Å²) < 4.78 is 61.9. The lowest BCUT2D eigenvalue weighted by Gasteiger charge is -2.26. The van der Waals surface area contributed by atoms with Crippen molar-refractivity contribution < 1.29 is 40.9 Å². The van der Waals surface area contributed by atoms with Crippen LogP contribution in [0.2, 0.25) is 0 Å². The van der Waals surface area contributed by atoms with Crippen LogP contribution in [0.3, 0.4) is 0 Å². The lowest BCUT2D eigenvalue weighted by Crippen LogP contribution is -2.49. The fourth-order valence-corrected chi connectivity index (χ4v) is 3.63. The molecule has 2 bridgehead atoms. The van der Waals surface area contributed by atoms with E-state index in [4.69, 9.17) is 9.57 Å². The second-order valence-electron chi connectivity index (χ2n) is 5.39. The molecular weight excluding hydrogens is 316 g/mol. The molecule has 3 rings (SSSR count). The molecule has 2 aliphatic carbocycles. The maximum absolute atomic E-state index is 13.0. The molecule has 1 amide bonds. The van der Waals surface area contributed by atoms with E-state index in [0.29, 0.717) is 12.8 Å². The zero-order chi connectivity index (χ0) is 15.6. The summed E-state index contributed by atoms with van der Waals surface area (Å²) in [4.78, 5) is 27.3. The highest BCUT2D eigenvalue weighted by Crippen LogP contribution is 2.55. The van der Waals surface area contributed by atoms with Gasteiger partial charge < -0.3 is 9.29 Å². The molecule has 2 saturated carbocycles. The molecule has 5 unspecified atom stereocenters. The lowest BCUT2D eigenvalue weighted by molar-refractivity contribution is -0.165. The van der Waals surface area contributed by atoms with E-state index in [9.17, 15) is 31.3 Å². The molecule has 3 fully saturated rings. The third-order valence-corrected chi connectivity index (χ3v) is 5.09. The number of hydrogen-bond acceptors (Lipinski definition) is 7. The van der Waals surface area contributed by atoms with Gasteiger partial charge in [-0.1, -0.05) is 0 Å². The minimum Gasteiger partial charge on any atom is -0.743 e. The summed E-state index contributed by atoms with van der Waals surface area (Å²) in [5.41, 5.74) is 1.29. The number of ether oxygens (including phenoxy) is 1. The van der Waals surface area contributed by atoms with Crippen LogP contribution in [0.5, 0.6) is 0 Å². The molecule has 1 saturated heterocycles. The highest BCUT2D eigenvalue weighted by atomic mass is 32.2. The van der Waals surface area contributed by atoms with E-state index in [1.165, 1.54) is 5.48 Å². The molecule has 0 aromatic heterocycles. The molecule has 3 aliphatic rings. The molecule has 1 N–H and O–H groups in total. The summed E-state index contributed by atoms with van der Waals surface area (Å²) in [7, 11) is -6.14. The average Bonchev–Trinajstić information content (AvgIpc) is 2.97. The SMILES string of the molecule is O=C1OC2C3CC(CC13)C2ONC(=O)C(F)(F)S(=O)(=O)[O-]. The van der Waals surface area contributed by atoms with Crippen molar-refractivity contribution in [3.05, 3.63) is 0 Å². The van der Waals surface area contributed by atoms with Gasteiger partial charge in [-0.15, -0.1) is 0 Å². The van der Waals surface area contributed by atoms with Crippen molar-refractivity contribution >= 4 is 22.0 Å². The van der Waals surface area contributed by atoms with Gasteiger partial charge in [-0.05, 0) is 18.8 Å². The number of carbonyl (C=O) groups excluding carboxylic acids is 2. The predicted molar refractivity (Wildman–Crippen MR) is 57.2 cm³/mol. The first-order valence-electron chi connectivity index (χ1n) is 6.12. The summed E-state index contributed by atoms with van der Waals surface area (Å²) in [6, 6.07) is 0. The van der Waals surface area contributed by atoms with Crippen molar-refractivity contribution in [3.63, 3.8) is 0 Å². The Morgan fingerprint density at radius 3 is 2.71 bits per heavy atom. The first-order chi connectivity index (χ1) is 9.63. The van der Waals surface area contributed by atoms with Crippen molar-refractivity contribution in [2.75, 3.05) is 0 Å². The van der Waals surface area contributed by atoms with Crippen molar-refractivity contribution in [3.8, 4) is 0 Å². The van der Waals surface area contributed by atoms with Crippen molar-refractivity contribution in [1.29, 1.82) is 0 Å². The van der Waals surface area contributed by atoms with Crippen molar-refractivity contribution in [2.24, 2.45) is 17.8 Å². The van der Waals surface area contributed by atoms with Gasteiger partial charge >= 0.3 is 17.1 Å². The summed E-state index contributed by atoms with van der Waals surface area (Å²) >= 11 is 0. The zero-order valence-corrected chi connectivity index (χ0v) is 11.1. The largest absolute Gasteiger partial charge is 0.743 e. The molecule has 21 heavy (non-hydrogen) atoms. The molecule has 1 heterocycles. The second-order valence-corrected chi connectivity index (χ2v) is 6.81. The fraction of sp³-hybridized carbons (Fsp3) is 0.800. The number of rotatable bonds is 4.